The van der Waals surface area contributed by atoms with Crippen molar-refractivity contribution in [3.05, 3.63) is 46.7 Å². The van der Waals surface area contributed by atoms with Crippen LogP contribution >= 0.6 is 11.3 Å². The quantitative estimate of drug-likeness (QED) is 0.848. The molecule has 2 N–H and O–H groups in total. The molecule has 2 heterocycles. The lowest BCUT2D eigenvalue weighted by atomic mass is 10.0. The third-order valence-electron chi connectivity index (χ3n) is 4.56. The Balaban J connectivity index is 1.44. The molecule has 0 atom stereocenters. The summed E-state index contributed by atoms with van der Waals surface area (Å²) in [7, 11) is 1.70. The number of thiophene rings is 1. The number of benzene rings is 1. The second-order valence-corrected chi connectivity index (χ2v) is 7.27. The fraction of sp³-hybridized carbons (Fsp3) is 0.421. The van der Waals surface area contributed by atoms with Crippen LogP contribution in [0.4, 0.5) is 0 Å². The largest absolute Gasteiger partial charge is 0.358 e. The molecule has 1 aliphatic heterocycles. The predicted octanol–water partition coefficient (Wildman–Crippen LogP) is 2.72. The van der Waals surface area contributed by atoms with E-state index in [1.165, 1.54) is 16.0 Å². The van der Waals surface area contributed by atoms with E-state index < -0.39 is 0 Å². The number of likely N-dealkylation sites (N-methyl/N-ethyl adjacent to an activating group) is 1. The summed E-state index contributed by atoms with van der Waals surface area (Å²) in [6.07, 6.45) is 2.21. The van der Waals surface area contributed by atoms with Crippen LogP contribution in [0.3, 0.4) is 0 Å². The van der Waals surface area contributed by atoms with Gasteiger partial charge in [0.15, 0.2) is 0 Å². The maximum atomic E-state index is 11.4. The molecule has 0 unspecified atom stereocenters. The van der Waals surface area contributed by atoms with Gasteiger partial charge in [-0.2, -0.15) is 0 Å². The molecule has 1 fully saturated rings. The van der Waals surface area contributed by atoms with E-state index in [1.54, 1.807) is 7.05 Å². The van der Waals surface area contributed by atoms with Crippen molar-refractivity contribution in [3.63, 3.8) is 0 Å². The minimum absolute atomic E-state index is 0.105. The number of likely N-dealkylation sites (tertiary alicyclic amines) is 1. The number of carbonyl (C=O) groups excluding carboxylic acids is 1. The van der Waals surface area contributed by atoms with E-state index >= 15 is 0 Å². The number of hydrogen-bond acceptors (Lipinski definition) is 4. The number of hydrogen-bond donors (Lipinski definition) is 2. The van der Waals surface area contributed by atoms with Crippen molar-refractivity contribution in [2.24, 2.45) is 0 Å². The van der Waals surface area contributed by atoms with Crippen molar-refractivity contribution in [1.82, 2.24) is 15.5 Å². The minimum atomic E-state index is 0.105. The molecule has 0 saturated carbocycles. The minimum Gasteiger partial charge on any atom is -0.358 e. The number of carbonyl (C=O) groups is 1. The average molecular weight is 343 g/mol. The Kier molecular flexibility index (Phi) is 6.01. The van der Waals surface area contributed by atoms with Gasteiger partial charge in [0.2, 0.25) is 5.91 Å². The highest BCUT2D eigenvalue weighted by Gasteiger charge is 2.20. The Morgan fingerprint density at radius 1 is 1.21 bits per heavy atom. The first kappa shape index (κ1) is 17.1. The number of amides is 1. The van der Waals surface area contributed by atoms with Crippen molar-refractivity contribution >= 4 is 17.2 Å². The van der Waals surface area contributed by atoms with Gasteiger partial charge in [0.05, 0.1) is 6.54 Å². The summed E-state index contributed by atoms with van der Waals surface area (Å²) in [6, 6.07) is 13.4. The van der Waals surface area contributed by atoms with Crippen molar-refractivity contribution in [2.45, 2.75) is 25.4 Å². The van der Waals surface area contributed by atoms with E-state index in [0.29, 0.717) is 12.6 Å². The monoisotopic (exact) mass is 343 g/mol. The van der Waals surface area contributed by atoms with E-state index in [2.05, 4.69) is 57.3 Å². The summed E-state index contributed by atoms with van der Waals surface area (Å²) < 4.78 is 0. The van der Waals surface area contributed by atoms with Gasteiger partial charge in [0.1, 0.15) is 0 Å². The standard InChI is InChI=1S/C19H25N3OS/c1-20-19(23)13-22-9-7-17(8-10-22)21-12-18-11-16(14-24-18)15-5-3-2-4-6-15/h2-6,11,14,17,21H,7-10,12-13H2,1H3,(H,20,23). The van der Waals surface area contributed by atoms with Crippen LogP contribution in [0.1, 0.15) is 17.7 Å². The van der Waals surface area contributed by atoms with Crippen molar-refractivity contribution < 1.29 is 4.79 Å². The highest BCUT2D eigenvalue weighted by Crippen LogP contribution is 2.25. The fourth-order valence-corrected chi connectivity index (χ4v) is 3.92. The smallest absolute Gasteiger partial charge is 0.233 e. The first-order valence-electron chi connectivity index (χ1n) is 8.54. The van der Waals surface area contributed by atoms with Gasteiger partial charge in [-0.1, -0.05) is 30.3 Å². The summed E-state index contributed by atoms with van der Waals surface area (Å²) >= 11 is 1.82. The van der Waals surface area contributed by atoms with Gasteiger partial charge in [0, 0.05) is 37.6 Å². The third kappa shape index (κ3) is 4.66. The van der Waals surface area contributed by atoms with Crippen LogP contribution in [0, 0.1) is 0 Å². The maximum Gasteiger partial charge on any atom is 0.233 e. The van der Waals surface area contributed by atoms with Crippen LogP contribution in [-0.4, -0.2) is 43.5 Å². The molecular formula is C19H25N3OS. The Bertz CT molecular complexity index is 648. The molecule has 1 aromatic heterocycles. The molecule has 1 aromatic carbocycles. The molecular weight excluding hydrogens is 318 g/mol. The summed E-state index contributed by atoms with van der Waals surface area (Å²) in [6.45, 7) is 3.43. The third-order valence-corrected chi connectivity index (χ3v) is 5.50. The second-order valence-electron chi connectivity index (χ2n) is 6.27. The average Bonchev–Trinajstić information content (AvgIpc) is 3.11. The first-order chi connectivity index (χ1) is 11.7. The van der Waals surface area contributed by atoms with Crippen LogP contribution in [0.15, 0.2) is 41.8 Å². The molecule has 5 heteroatoms. The van der Waals surface area contributed by atoms with Crippen LogP contribution in [0.5, 0.6) is 0 Å². The van der Waals surface area contributed by atoms with E-state index in [0.717, 1.165) is 32.5 Å². The van der Waals surface area contributed by atoms with Crippen LogP contribution in [0.25, 0.3) is 11.1 Å². The molecule has 0 aliphatic carbocycles. The van der Waals surface area contributed by atoms with E-state index in [4.69, 9.17) is 0 Å². The van der Waals surface area contributed by atoms with Crippen molar-refractivity contribution in [3.8, 4) is 11.1 Å². The molecule has 0 spiro atoms. The summed E-state index contributed by atoms with van der Waals surface area (Å²) in [4.78, 5) is 15.0. The molecule has 0 radical (unpaired) electrons. The fourth-order valence-electron chi connectivity index (χ4n) is 3.08. The summed E-state index contributed by atoms with van der Waals surface area (Å²) in [5.41, 5.74) is 2.58. The number of nitrogens with zero attached hydrogens (tertiary/aromatic N) is 1. The van der Waals surface area contributed by atoms with E-state index in [1.807, 2.05) is 11.3 Å². The normalized spacial score (nSPS) is 16.2. The van der Waals surface area contributed by atoms with Crippen LogP contribution in [0.2, 0.25) is 0 Å². The number of piperidine rings is 1. The zero-order valence-corrected chi connectivity index (χ0v) is 14.9. The van der Waals surface area contributed by atoms with Gasteiger partial charge < -0.3 is 10.6 Å². The van der Waals surface area contributed by atoms with E-state index in [9.17, 15) is 4.79 Å². The lowest BCUT2D eigenvalue weighted by Crippen LogP contribution is -2.45. The molecule has 4 nitrogen and oxygen atoms in total. The van der Waals surface area contributed by atoms with Gasteiger partial charge in [0.25, 0.3) is 0 Å². The first-order valence-corrected chi connectivity index (χ1v) is 9.41. The van der Waals surface area contributed by atoms with Crippen molar-refractivity contribution in [1.29, 1.82) is 0 Å². The van der Waals surface area contributed by atoms with Crippen molar-refractivity contribution in [2.75, 3.05) is 26.7 Å². The van der Waals surface area contributed by atoms with Gasteiger partial charge in [-0.15, -0.1) is 11.3 Å². The summed E-state index contributed by atoms with van der Waals surface area (Å²) in [5, 5.41) is 8.60. The molecule has 128 valence electrons. The van der Waals surface area contributed by atoms with Gasteiger partial charge >= 0.3 is 0 Å². The van der Waals surface area contributed by atoms with E-state index in [-0.39, 0.29) is 5.91 Å². The topological polar surface area (TPSA) is 44.4 Å². The molecule has 3 rings (SSSR count). The lowest BCUT2D eigenvalue weighted by molar-refractivity contribution is -0.122. The highest BCUT2D eigenvalue weighted by molar-refractivity contribution is 7.10. The summed E-state index contributed by atoms with van der Waals surface area (Å²) in [5.74, 6) is 0.105. The Morgan fingerprint density at radius 2 is 1.96 bits per heavy atom. The highest BCUT2D eigenvalue weighted by atomic mass is 32.1. The zero-order valence-electron chi connectivity index (χ0n) is 14.1. The number of nitrogens with one attached hydrogen (secondary N) is 2. The lowest BCUT2D eigenvalue weighted by Gasteiger charge is -2.31. The maximum absolute atomic E-state index is 11.4. The zero-order chi connectivity index (χ0) is 16.8. The Morgan fingerprint density at radius 3 is 2.67 bits per heavy atom. The van der Waals surface area contributed by atoms with Gasteiger partial charge in [-0.05, 0) is 35.4 Å². The molecule has 2 aromatic rings. The van der Waals surface area contributed by atoms with Gasteiger partial charge in [-0.25, -0.2) is 0 Å². The molecule has 0 bridgehead atoms. The molecule has 1 amide bonds. The van der Waals surface area contributed by atoms with Crippen LogP contribution in [-0.2, 0) is 11.3 Å². The number of rotatable bonds is 6. The predicted molar refractivity (Wildman–Crippen MR) is 100 cm³/mol. The SMILES string of the molecule is CNC(=O)CN1CCC(NCc2cc(-c3ccccc3)cs2)CC1. The Labute approximate surface area is 147 Å². The molecule has 1 aliphatic rings. The van der Waals surface area contributed by atoms with Crippen LogP contribution < -0.4 is 10.6 Å². The second kappa shape index (κ2) is 8.42. The molecule has 1 saturated heterocycles. The molecule has 24 heavy (non-hydrogen) atoms. The van der Waals surface area contributed by atoms with Gasteiger partial charge in [-0.3, -0.25) is 9.69 Å². The Hall–Kier alpha value is -1.69.